The van der Waals surface area contributed by atoms with Gasteiger partial charge in [0, 0.05) is 23.7 Å². The Hall–Kier alpha value is -3.09. The molecule has 0 aliphatic rings. The molecule has 4 N–H and O–H groups in total. The van der Waals surface area contributed by atoms with E-state index in [0.29, 0.717) is 4.47 Å². The van der Waals surface area contributed by atoms with E-state index in [-0.39, 0.29) is 162 Å². The number of nitrogens with zero attached hydrogens (tertiary/aromatic N) is 1. The molecule has 0 aliphatic heterocycles. The minimum atomic E-state index is -0.856. The van der Waals surface area contributed by atoms with Gasteiger partial charge in [-0.25, -0.2) is 26.3 Å². The number of hydrogen-bond donors (Lipinski definition) is 2. The number of alkyl halides is 4. The molecule has 0 aliphatic carbocycles. The van der Waals surface area contributed by atoms with Crippen molar-refractivity contribution in [3.63, 3.8) is 0 Å². The Balaban J connectivity index is -0.000000267. The molecule has 0 saturated heterocycles. The molecule has 350 valence electrons. The van der Waals surface area contributed by atoms with Crippen molar-refractivity contribution in [3.05, 3.63) is 116 Å². The number of ether oxygens (including phenoxy) is 4. The monoisotopic (exact) mass is 1110 g/mol. The van der Waals surface area contributed by atoms with E-state index < -0.39 is 49.3 Å². The van der Waals surface area contributed by atoms with Crippen molar-refractivity contribution >= 4 is 85.1 Å². The van der Waals surface area contributed by atoms with E-state index >= 15 is 0 Å². The maximum atomic E-state index is 13.3. The van der Waals surface area contributed by atoms with Crippen LogP contribution in [0.3, 0.4) is 0 Å². The largest absolute Gasteiger partial charge is 1.00 e. The SMILES string of the molecule is CCc1ccc(F)c(Br)c1.CN=C(N)N.Cl.O=C(C(=O)c1ccc(OCCF)c(OCCF)c1)c1ccc(F)c(Br)c1.O=C(Cl)c1ccc(OCCF)c(OCCF)c1.O=CO[O-].[H-].[Na+].[Na+]. The number of rotatable bonds is 18. The number of guanidine groups is 1. The summed E-state index contributed by atoms with van der Waals surface area (Å²) in [5, 5.41) is 7.77. The number of nitrogens with two attached hydrogens (primary N) is 2. The number of carbonyl (C=O) groups is 4. The number of halogens is 10. The van der Waals surface area contributed by atoms with Crippen molar-refractivity contribution in [1.29, 1.82) is 0 Å². The summed E-state index contributed by atoms with van der Waals surface area (Å²) in [7, 11) is 1.54. The smallest absolute Gasteiger partial charge is 1.00 e. The van der Waals surface area contributed by atoms with Gasteiger partial charge in [-0.15, -0.1) is 12.4 Å². The van der Waals surface area contributed by atoms with Crippen molar-refractivity contribution < 1.29 is 135 Å². The minimum absolute atomic E-state index is 0. The summed E-state index contributed by atoms with van der Waals surface area (Å²) < 4.78 is 95.4. The van der Waals surface area contributed by atoms with Gasteiger partial charge in [-0.1, -0.05) is 13.0 Å². The summed E-state index contributed by atoms with van der Waals surface area (Å²) in [6.45, 7) is -1.82. The molecule has 0 heterocycles. The van der Waals surface area contributed by atoms with Crippen molar-refractivity contribution in [2.45, 2.75) is 13.3 Å². The van der Waals surface area contributed by atoms with Gasteiger partial charge < -0.3 is 42.0 Å². The van der Waals surface area contributed by atoms with Crippen LogP contribution in [-0.4, -0.2) is 89.4 Å². The van der Waals surface area contributed by atoms with Crippen molar-refractivity contribution in [3.8, 4) is 23.0 Å². The third-order valence-electron chi connectivity index (χ3n) is 6.79. The van der Waals surface area contributed by atoms with Crippen molar-refractivity contribution in [1.82, 2.24) is 0 Å². The van der Waals surface area contributed by atoms with Crippen molar-refractivity contribution in [2.24, 2.45) is 16.5 Å². The number of aryl methyl sites for hydroxylation is 1. The van der Waals surface area contributed by atoms with E-state index in [2.05, 4.69) is 41.7 Å². The maximum absolute atomic E-state index is 13.3. The second-order valence-electron chi connectivity index (χ2n) is 11.0. The van der Waals surface area contributed by atoms with Gasteiger partial charge >= 0.3 is 59.1 Å². The van der Waals surface area contributed by atoms with Gasteiger partial charge in [0.05, 0.1) is 8.95 Å². The Bertz CT molecular complexity index is 2060. The summed E-state index contributed by atoms with van der Waals surface area (Å²) in [4.78, 5) is 50.3. The zero-order chi connectivity index (χ0) is 47.0. The number of aliphatic imine (C=N–C) groups is 1. The molecule has 13 nitrogen and oxygen atoms in total. The van der Waals surface area contributed by atoms with Gasteiger partial charge in [-0.3, -0.25) is 24.2 Å². The molecule has 0 radical (unpaired) electrons. The molecule has 0 saturated carbocycles. The van der Waals surface area contributed by atoms with Crippen LogP contribution in [0, 0.1) is 11.6 Å². The molecule has 4 aromatic rings. The van der Waals surface area contributed by atoms with Crippen LogP contribution >= 0.6 is 55.9 Å². The van der Waals surface area contributed by atoms with Gasteiger partial charge in [0.2, 0.25) is 11.6 Å². The van der Waals surface area contributed by atoms with Gasteiger partial charge in [0.25, 0.3) is 11.7 Å². The van der Waals surface area contributed by atoms with Crippen molar-refractivity contribution in [2.75, 3.05) is 60.2 Å². The number of hydrogen-bond acceptors (Lipinski definition) is 11. The van der Waals surface area contributed by atoms with Crippen LogP contribution in [0.2, 0.25) is 0 Å². The van der Waals surface area contributed by atoms with E-state index in [0.717, 1.165) is 18.1 Å². The normalized spacial score (nSPS) is 9.17. The molecule has 65 heavy (non-hydrogen) atoms. The average Bonchev–Trinajstić information content (AvgIpc) is 3.28. The molecule has 0 fully saturated rings. The first-order valence-corrected chi connectivity index (χ1v) is 19.5. The quantitative estimate of drug-likeness (QED) is 0.0141. The van der Waals surface area contributed by atoms with Crippen LogP contribution in [0.1, 0.15) is 45.0 Å². The molecule has 4 rings (SSSR count). The number of benzene rings is 4. The second-order valence-corrected chi connectivity index (χ2v) is 13.0. The Kier molecular flexibility index (Phi) is 43.3. The number of Topliss-reactive ketones (excluding diaryl/α,β-unsaturated/α-hetero) is 2. The first kappa shape index (κ1) is 68.5. The molecule has 25 heteroatoms. The zero-order valence-electron chi connectivity index (χ0n) is 36.4. The van der Waals surface area contributed by atoms with E-state index in [1.807, 2.05) is 6.92 Å². The molecular weight excluding hydrogens is 1070 g/mol. The van der Waals surface area contributed by atoms with Gasteiger partial charge in [0.15, 0.2) is 29.0 Å². The maximum Gasteiger partial charge on any atom is 1.00 e. The second kappa shape index (κ2) is 41.1. The topological polar surface area (TPSA) is 202 Å². The van der Waals surface area contributed by atoms with Gasteiger partial charge in [-0.2, -0.15) is 0 Å². The molecule has 4 aromatic carbocycles. The van der Waals surface area contributed by atoms with Crippen LogP contribution in [-0.2, 0) is 16.1 Å². The van der Waals surface area contributed by atoms with Crippen LogP contribution < -0.4 is 94.8 Å². The first-order chi connectivity index (χ1) is 29.6. The van der Waals surface area contributed by atoms with E-state index in [9.17, 15) is 40.7 Å². The molecule has 0 spiro atoms. The Labute approximate surface area is 444 Å². The fourth-order valence-electron chi connectivity index (χ4n) is 4.00. The summed E-state index contributed by atoms with van der Waals surface area (Å²) in [6, 6.07) is 16.6. The fraction of sp³-hybridized carbons (Fsp3) is 0.275. The Morgan fingerprint density at radius 2 is 1.02 bits per heavy atom. The molecule has 0 atom stereocenters. The number of carbonyl (C=O) groups excluding carboxylic acids is 4. The Morgan fingerprint density at radius 3 is 1.35 bits per heavy atom. The van der Waals surface area contributed by atoms with Gasteiger partial charge in [-0.05, 0) is 122 Å². The third-order valence-corrected chi connectivity index (χ3v) is 8.23. The summed E-state index contributed by atoms with van der Waals surface area (Å²) in [5.41, 5.74) is 11.0. The van der Waals surface area contributed by atoms with E-state index in [4.69, 9.17) is 52.1 Å². The molecule has 0 unspecified atom stereocenters. The predicted molar refractivity (Wildman–Crippen MR) is 232 cm³/mol. The van der Waals surface area contributed by atoms with Gasteiger partial charge in [0.1, 0.15) is 64.8 Å². The summed E-state index contributed by atoms with van der Waals surface area (Å²) in [6.07, 6.45) is 0.943. The number of ketones is 2. The standard InChI is InChI=1S/C18H14BrF3O4.C11H11ClF2O3.C8H8BrF.C2H7N3.CH2O3.ClH.2Na.H/c19-13-9-11(1-3-14(13)22)17(23)18(24)12-2-4-15(25-7-5-20)16(10-12)26-8-6-21;12-11(15)8-1-2-9(16-5-3-13)10(7-8)17-6-4-14;1-2-6-3-4-8(10)7(9)5-6;1-5-2(3)4;2-1-4-3;;;;/h1-4,9-10H,5-8H2;1-2,7H,3-6H2;3-5H,2H2,1H3;1H3,(H4,3,4,5);1,3H;1H;;;/q;;;;;;2*+1;-1/p-1. The average molecular weight is 1120 g/mol. The van der Waals surface area contributed by atoms with Crippen LogP contribution in [0.4, 0.5) is 26.3 Å². The molecule has 0 bridgehead atoms. The Morgan fingerprint density at radius 1 is 0.677 bits per heavy atom. The van der Waals surface area contributed by atoms with Crippen LogP contribution in [0.25, 0.3) is 0 Å². The molecule has 0 amide bonds. The van der Waals surface area contributed by atoms with Crippen LogP contribution in [0.15, 0.2) is 86.7 Å². The van der Waals surface area contributed by atoms with E-state index in [1.54, 1.807) is 12.1 Å². The fourth-order valence-corrected chi connectivity index (χ4v) is 4.92. The third kappa shape index (κ3) is 28.6. The zero-order valence-corrected chi connectivity index (χ0v) is 44.1. The van der Waals surface area contributed by atoms with Crippen LogP contribution in [0.5, 0.6) is 23.0 Å². The molecule has 0 aromatic heterocycles. The molecular formula is C40H43Br2Cl2F6N3Na2O10. The summed E-state index contributed by atoms with van der Waals surface area (Å²) in [5.74, 6) is -1.77. The minimum Gasteiger partial charge on any atom is -1.00 e. The summed E-state index contributed by atoms with van der Waals surface area (Å²) >= 11 is 11.4. The van der Waals surface area contributed by atoms with E-state index in [1.165, 1.54) is 61.6 Å². The first-order valence-electron chi connectivity index (χ1n) is 17.5. The predicted octanol–water partition coefficient (Wildman–Crippen LogP) is 2.13.